The van der Waals surface area contributed by atoms with E-state index in [2.05, 4.69) is 0 Å². The molecule has 23 heavy (non-hydrogen) atoms. The minimum Gasteiger partial charge on any atom is -0.488 e. The van der Waals surface area contributed by atoms with Crippen molar-refractivity contribution in [3.05, 3.63) is 70.8 Å². The summed E-state index contributed by atoms with van der Waals surface area (Å²) < 4.78 is 10.4. The molecule has 0 fully saturated rings. The first-order chi connectivity index (χ1) is 11.1. The van der Waals surface area contributed by atoms with Crippen molar-refractivity contribution < 1.29 is 19.4 Å². The lowest BCUT2D eigenvalue weighted by atomic mass is 9.94. The van der Waals surface area contributed by atoms with Crippen LogP contribution in [0.2, 0.25) is 0 Å². The first-order valence-electron chi connectivity index (χ1n) is 7.40. The van der Waals surface area contributed by atoms with E-state index < -0.39 is 6.10 Å². The summed E-state index contributed by atoms with van der Waals surface area (Å²) in [6.45, 7) is 2.27. The monoisotopic (exact) mass is 310 g/mol. The fraction of sp³-hybridized carbons (Fsp3) is 0.211. The number of rotatable bonds is 3. The van der Waals surface area contributed by atoms with Crippen LogP contribution in [0.5, 0.6) is 5.75 Å². The van der Waals surface area contributed by atoms with Crippen molar-refractivity contribution in [2.75, 3.05) is 13.7 Å². The van der Waals surface area contributed by atoms with Gasteiger partial charge in [0.25, 0.3) is 0 Å². The molecule has 118 valence electrons. The number of carbonyl (C=O) groups excluding carboxylic acids is 1. The second-order valence-electron chi connectivity index (χ2n) is 5.47. The fourth-order valence-corrected chi connectivity index (χ4v) is 2.74. The Kier molecular flexibility index (Phi) is 4.17. The average molecular weight is 310 g/mol. The molecule has 0 spiro atoms. The number of fused-ring (bicyclic) bond motifs is 1. The van der Waals surface area contributed by atoms with Gasteiger partial charge in [0.1, 0.15) is 18.5 Å². The molecular formula is C19H18O4. The van der Waals surface area contributed by atoms with Crippen LogP contribution in [0.3, 0.4) is 0 Å². The van der Waals surface area contributed by atoms with Gasteiger partial charge in [-0.1, -0.05) is 30.3 Å². The Morgan fingerprint density at radius 3 is 2.65 bits per heavy atom. The average Bonchev–Trinajstić information content (AvgIpc) is 3.03. The van der Waals surface area contributed by atoms with Gasteiger partial charge in [-0.15, -0.1) is 0 Å². The van der Waals surface area contributed by atoms with Crippen LogP contribution in [0, 0.1) is 0 Å². The Morgan fingerprint density at radius 1 is 1.22 bits per heavy atom. The Labute approximate surface area is 135 Å². The van der Waals surface area contributed by atoms with Crippen molar-refractivity contribution in [3.63, 3.8) is 0 Å². The van der Waals surface area contributed by atoms with E-state index in [1.165, 1.54) is 7.11 Å². The Morgan fingerprint density at radius 2 is 1.96 bits per heavy atom. The molecule has 3 rings (SSSR count). The summed E-state index contributed by atoms with van der Waals surface area (Å²) in [6.07, 6.45) is -0.706. The SMILES string of the molecule is COC(=O)c1ccc2c(c1)/C(=C(/C)C(O)c1ccccc1)CO2. The highest BCUT2D eigenvalue weighted by Crippen LogP contribution is 2.38. The van der Waals surface area contributed by atoms with Gasteiger partial charge < -0.3 is 14.6 Å². The predicted octanol–water partition coefficient (Wildman–Crippen LogP) is 3.37. The molecule has 1 heterocycles. The van der Waals surface area contributed by atoms with Gasteiger partial charge in [0.15, 0.2) is 0 Å². The van der Waals surface area contributed by atoms with E-state index in [-0.39, 0.29) is 5.97 Å². The van der Waals surface area contributed by atoms with Crippen molar-refractivity contribution >= 4 is 11.5 Å². The van der Waals surface area contributed by atoms with E-state index in [9.17, 15) is 9.90 Å². The second kappa shape index (κ2) is 6.26. The lowest BCUT2D eigenvalue weighted by Crippen LogP contribution is -2.04. The van der Waals surface area contributed by atoms with Crippen LogP contribution in [0.4, 0.5) is 0 Å². The fourth-order valence-electron chi connectivity index (χ4n) is 2.74. The molecule has 0 radical (unpaired) electrons. The van der Waals surface area contributed by atoms with Gasteiger partial charge in [-0.25, -0.2) is 4.79 Å². The minimum absolute atomic E-state index is 0.385. The number of methoxy groups -OCH3 is 1. The molecule has 0 saturated carbocycles. The first kappa shape index (κ1) is 15.3. The molecule has 4 heteroatoms. The van der Waals surface area contributed by atoms with Gasteiger partial charge >= 0.3 is 5.97 Å². The van der Waals surface area contributed by atoms with Crippen LogP contribution in [-0.4, -0.2) is 24.8 Å². The van der Waals surface area contributed by atoms with E-state index in [4.69, 9.17) is 9.47 Å². The zero-order valence-electron chi connectivity index (χ0n) is 13.1. The number of hydrogen-bond acceptors (Lipinski definition) is 4. The molecule has 1 aliphatic rings. The standard InChI is InChI=1S/C19H18O4/c1-12(18(20)13-6-4-3-5-7-13)16-11-23-17-9-8-14(10-15(16)17)19(21)22-2/h3-10,18,20H,11H2,1-2H3/b16-12-. The van der Waals surface area contributed by atoms with E-state index in [1.807, 2.05) is 37.3 Å². The third-order valence-electron chi connectivity index (χ3n) is 4.10. The molecule has 1 aliphatic heterocycles. The molecule has 0 aromatic heterocycles. The topological polar surface area (TPSA) is 55.8 Å². The number of hydrogen-bond donors (Lipinski definition) is 1. The minimum atomic E-state index is -0.706. The highest BCUT2D eigenvalue weighted by Gasteiger charge is 2.24. The summed E-state index contributed by atoms with van der Waals surface area (Å²) in [5.74, 6) is 0.326. The number of aliphatic hydroxyl groups is 1. The van der Waals surface area contributed by atoms with Crippen LogP contribution in [0.15, 0.2) is 54.1 Å². The molecule has 1 N–H and O–H groups in total. The maximum Gasteiger partial charge on any atom is 0.337 e. The van der Waals surface area contributed by atoms with Crippen LogP contribution in [-0.2, 0) is 4.74 Å². The van der Waals surface area contributed by atoms with E-state index in [1.54, 1.807) is 18.2 Å². The zero-order valence-corrected chi connectivity index (χ0v) is 13.1. The largest absolute Gasteiger partial charge is 0.488 e. The van der Waals surface area contributed by atoms with Crippen molar-refractivity contribution in [2.45, 2.75) is 13.0 Å². The van der Waals surface area contributed by atoms with Gasteiger partial charge in [0, 0.05) is 11.1 Å². The van der Waals surface area contributed by atoms with Crippen molar-refractivity contribution in [3.8, 4) is 5.75 Å². The van der Waals surface area contributed by atoms with Gasteiger partial charge in [0.05, 0.1) is 12.7 Å². The van der Waals surface area contributed by atoms with E-state index in [0.29, 0.717) is 17.9 Å². The molecule has 0 bridgehead atoms. The number of aliphatic hydroxyl groups excluding tert-OH is 1. The number of benzene rings is 2. The third-order valence-corrected chi connectivity index (χ3v) is 4.10. The predicted molar refractivity (Wildman–Crippen MR) is 87.3 cm³/mol. The summed E-state index contributed by atoms with van der Waals surface area (Å²) in [5, 5.41) is 10.6. The van der Waals surface area contributed by atoms with Crippen LogP contribution >= 0.6 is 0 Å². The lowest BCUT2D eigenvalue weighted by Gasteiger charge is -2.14. The van der Waals surface area contributed by atoms with Gasteiger partial charge in [0.2, 0.25) is 0 Å². The van der Waals surface area contributed by atoms with Gasteiger partial charge in [-0.2, -0.15) is 0 Å². The molecule has 1 atom stereocenters. The molecule has 0 saturated heterocycles. The highest BCUT2D eigenvalue weighted by molar-refractivity contribution is 5.92. The van der Waals surface area contributed by atoms with E-state index >= 15 is 0 Å². The number of esters is 1. The van der Waals surface area contributed by atoms with Crippen LogP contribution in [0.1, 0.15) is 34.5 Å². The number of carbonyl (C=O) groups is 1. The summed E-state index contributed by atoms with van der Waals surface area (Å²) >= 11 is 0. The van der Waals surface area contributed by atoms with Gasteiger partial charge in [-0.05, 0) is 36.3 Å². The third kappa shape index (κ3) is 2.85. The van der Waals surface area contributed by atoms with Crippen molar-refractivity contribution in [2.24, 2.45) is 0 Å². The number of ether oxygens (including phenoxy) is 2. The maximum atomic E-state index is 11.7. The van der Waals surface area contributed by atoms with Gasteiger partial charge in [-0.3, -0.25) is 0 Å². The van der Waals surface area contributed by atoms with E-state index in [0.717, 1.165) is 22.3 Å². The summed E-state index contributed by atoms with van der Waals surface area (Å²) in [5.41, 5.74) is 3.85. The smallest absolute Gasteiger partial charge is 0.337 e. The Bertz CT molecular complexity index is 762. The highest BCUT2D eigenvalue weighted by atomic mass is 16.5. The molecule has 0 aliphatic carbocycles. The van der Waals surface area contributed by atoms with Crippen LogP contribution < -0.4 is 4.74 Å². The lowest BCUT2D eigenvalue weighted by molar-refractivity contribution is 0.0600. The molecule has 2 aromatic carbocycles. The normalized spacial score (nSPS) is 16.3. The Balaban J connectivity index is 2.01. The molecule has 2 aromatic rings. The molecule has 4 nitrogen and oxygen atoms in total. The molecular weight excluding hydrogens is 292 g/mol. The summed E-state index contributed by atoms with van der Waals surface area (Å²) in [7, 11) is 1.35. The molecule has 1 unspecified atom stereocenters. The Hall–Kier alpha value is -2.59. The molecule has 0 amide bonds. The quantitative estimate of drug-likeness (QED) is 0.883. The van der Waals surface area contributed by atoms with Crippen molar-refractivity contribution in [1.29, 1.82) is 0 Å². The summed E-state index contributed by atoms with van der Waals surface area (Å²) in [6, 6.07) is 14.7. The second-order valence-corrected chi connectivity index (χ2v) is 5.47. The first-order valence-corrected chi connectivity index (χ1v) is 7.40. The van der Waals surface area contributed by atoms with Crippen LogP contribution in [0.25, 0.3) is 5.57 Å². The zero-order chi connectivity index (χ0) is 16.4. The maximum absolute atomic E-state index is 11.7. The summed E-state index contributed by atoms with van der Waals surface area (Å²) in [4.78, 5) is 11.7. The van der Waals surface area contributed by atoms with Crippen molar-refractivity contribution in [1.82, 2.24) is 0 Å².